The summed E-state index contributed by atoms with van der Waals surface area (Å²) < 4.78 is 28.3. The summed E-state index contributed by atoms with van der Waals surface area (Å²) in [5.41, 5.74) is 9.24. The topological polar surface area (TPSA) is 166 Å². The van der Waals surface area contributed by atoms with Gasteiger partial charge in [-0.1, -0.05) is 323 Å². The van der Waals surface area contributed by atoms with Gasteiger partial charge in [0.25, 0.3) is 0 Å². The van der Waals surface area contributed by atoms with Gasteiger partial charge in [0.05, 0.1) is 66.2 Å². The molecule has 0 amide bonds. The number of benzene rings is 6. The summed E-state index contributed by atoms with van der Waals surface area (Å²) in [4.78, 5) is 35.8. The zero-order valence-corrected chi connectivity index (χ0v) is 76.1. The highest BCUT2D eigenvalue weighted by atomic mass is 35.6. The predicted octanol–water partition coefficient (Wildman–Crippen LogP) is 30.9. The smallest absolute Gasteiger partial charge is 0.194 e. The summed E-state index contributed by atoms with van der Waals surface area (Å²) in [5, 5.41) is 42.5. The van der Waals surface area contributed by atoms with Crippen molar-refractivity contribution in [3.63, 3.8) is 0 Å². The number of unbranched alkanes of at least 4 members (excludes halogenated alkanes) is 20. The van der Waals surface area contributed by atoms with Crippen LogP contribution in [-0.2, 0) is 10.8 Å². The van der Waals surface area contributed by atoms with Gasteiger partial charge in [-0.05, 0) is 143 Å². The Morgan fingerprint density at radius 3 is 0.892 bits per heavy atom. The van der Waals surface area contributed by atoms with Crippen molar-refractivity contribution in [3.05, 3.63) is 257 Å². The van der Waals surface area contributed by atoms with Gasteiger partial charge < -0.3 is 18.9 Å². The molecular weight excluding hydrogens is 1690 g/mol. The molecule has 0 N–H and O–H groups in total. The van der Waals surface area contributed by atoms with Crippen LogP contribution in [0, 0.1) is 45.3 Å². The first kappa shape index (κ1) is 90.8. The number of ether oxygens (including phenoxy) is 4. The van der Waals surface area contributed by atoms with Gasteiger partial charge in [0.1, 0.15) is 58.4 Å². The quantitative estimate of drug-likeness (QED) is 0.0157. The van der Waals surface area contributed by atoms with Gasteiger partial charge in [-0.2, -0.15) is 21.0 Å². The summed E-state index contributed by atoms with van der Waals surface area (Å²) in [6.45, 7) is 11.2. The highest BCUT2D eigenvalue weighted by Gasteiger charge is 2.56. The molecule has 10 nitrogen and oxygen atoms in total. The minimum absolute atomic E-state index is 0.120. The summed E-state index contributed by atoms with van der Waals surface area (Å²) in [6.07, 6.45) is 30.9. The average molecular weight is 1790 g/mol. The molecule has 0 aliphatic heterocycles. The number of allylic oxidation sites excluding steroid dienone is 6. The molecular formula is C100H98Cl6N4O6S4. The Morgan fingerprint density at radius 1 is 0.350 bits per heavy atom. The zero-order valence-electron chi connectivity index (χ0n) is 68.3. The second kappa shape index (κ2) is 44.1. The zero-order chi connectivity index (χ0) is 84.7. The normalized spacial score (nSPS) is 14.1. The van der Waals surface area contributed by atoms with E-state index in [-0.39, 0.29) is 22.7 Å². The Kier molecular flexibility index (Phi) is 33.3. The first-order valence-electron chi connectivity index (χ1n) is 42.0. The minimum atomic E-state index is -1.07. The van der Waals surface area contributed by atoms with Gasteiger partial charge in [-0.3, -0.25) is 9.59 Å². The molecule has 14 rings (SSSR count). The number of hydrogen-bond acceptors (Lipinski definition) is 14. The fourth-order valence-corrected chi connectivity index (χ4v) is 22.9. The SMILES string of the molecule is CCCCCCCCOc1cccc(C2(c3cccc(OCCCCCCCC)c3)c3cc(/C=C4\C(=O)c5ccccc5C4=C(C#N)C#N)sc3-c3sc4c5c(sc4c32)-c2sc(/C=C3\C(=O)c4ccccc4C3=C(C#N)C#N)cc2C5(c2cccc(OCCCCCCCC)c2)c2cccc(OCCCCCCCC)c2)c1.ClC(Cl)Cl.ClC(Cl)Cl. The third kappa shape index (κ3) is 20.1. The highest BCUT2D eigenvalue weighted by Crippen LogP contribution is 2.71. The van der Waals surface area contributed by atoms with Crippen LogP contribution in [0.4, 0.5) is 0 Å². The molecule has 10 aromatic rings. The first-order chi connectivity index (χ1) is 58.5. The van der Waals surface area contributed by atoms with Gasteiger partial charge in [0.15, 0.2) is 20.2 Å². The Bertz CT molecular complexity index is 5110. The van der Waals surface area contributed by atoms with Crippen LogP contribution < -0.4 is 18.9 Å². The van der Waals surface area contributed by atoms with E-state index < -0.39 is 19.4 Å². The van der Waals surface area contributed by atoms with Crippen LogP contribution in [0.25, 0.3) is 52.2 Å². The van der Waals surface area contributed by atoms with E-state index in [4.69, 9.17) is 88.6 Å². The Balaban J connectivity index is 0.00000158. The highest BCUT2D eigenvalue weighted by molar-refractivity contribution is 7.34. The first-order valence-corrected chi connectivity index (χ1v) is 47.9. The van der Waals surface area contributed by atoms with E-state index in [1.54, 1.807) is 57.5 Å². The molecule has 620 valence electrons. The fraction of sp³-hybridized carbons (Fsp3) is 0.360. The number of halogens is 6. The van der Waals surface area contributed by atoms with Gasteiger partial charge >= 0.3 is 0 Å². The lowest BCUT2D eigenvalue weighted by Gasteiger charge is -2.34. The minimum Gasteiger partial charge on any atom is -0.494 e. The van der Waals surface area contributed by atoms with Crippen LogP contribution >= 0.6 is 115 Å². The lowest BCUT2D eigenvalue weighted by Crippen LogP contribution is -2.29. The van der Waals surface area contributed by atoms with Gasteiger partial charge in [0, 0.05) is 54.3 Å². The predicted molar refractivity (Wildman–Crippen MR) is 502 cm³/mol. The number of rotatable bonds is 38. The van der Waals surface area contributed by atoms with E-state index in [0.717, 1.165) is 183 Å². The number of alkyl halides is 6. The van der Waals surface area contributed by atoms with Crippen LogP contribution in [0.2, 0.25) is 0 Å². The number of hydrogen-bond donors (Lipinski definition) is 0. The van der Waals surface area contributed by atoms with E-state index in [2.05, 4.69) is 161 Å². The summed E-state index contributed by atoms with van der Waals surface area (Å²) >= 11 is 35.7. The number of ketones is 2. The fourth-order valence-electron chi connectivity index (χ4n) is 17.1. The van der Waals surface area contributed by atoms with Crippen molar-refractivity contribution in [2.75, 3.05) is 26.4 Å². The maximum absolute atomic E-state index is 15.0. The van der Waals surface area contributed by atoms with Crippen LogP contribution in [0.1, 0.15) is 268 Å². The Hall–Kier alpha value is -8.42. The molecule has 0 saturated heterocycles. The number of fused-ring (bicyclic) bond motifs is 11. The molecule has 20 heteroatoms. The molecule has 0 saturated carbocycles. The molecule has 120 heavy (non-hydrogen) atoms. The number of nitrogens with zero attached hydrogens (tertiary/aromatic N) is 4. The van der Waals surface area contributed by atoms with E-state index in [0.29, 0.717) is 71.0 Å². The molecule has 4 aliphatic carbocycles. The molecule has 4 aliphatic rings. The summed E-state index contributed by atoms with van der Waals surface area (Å²) in [6, 6.07) is 62.4. The number of nitriles is 4. The summed E-state index contributed by atoms with van der Waals surface area (Å²) in [5.74, 6) is 2.57. The largest absolute Gasteiger partial charge is 0.494 e. The van der Waals surface area contributed by atoms with Crippen LogP contribution in [0.15, 0.2) is 180 Å². The van der Waals surface area contributed by atoms with Gasteiger partial charge in [-0.25, -0.2) is 0 Å². The Labute approximate surface area is 753 Å². The molecule has 4 aromatic heterocycles. The molecule has 6 aromatic carbocycles. The van der Waals surface area contributed by atoms with Crippen molar-refractivity contribution < 1.29 is 28.5 Å². The third-order valence-corrected chi connectivity index (χ3v) is 27.6. The molecule has 0 radical (unpaired) electrons. The van der Waals surface area contributed by atoms with Gasteiger partial charge in [-0.15, -0.1) is 45.3 Å². The molecule has 0 atom stereocenters. The van der Waals surface area contributed by atoms with E-state index >= 15 is 0 Å². The molecule has 0 bridgehead atoms. The van der Waals surface area contributed by atoms with Gasteiger partial charge in [0.2, 0.25) is 0 Å². The third-order valence-electron chi connectivity index (χ3n) is 22.6. The summed E-state index contributed by atoms with van der Waals surface area (Å²) in [7, 11) is 0. The second-order valence-corrected chi connectivity index (χ2v) is 38.6. The van der Waals surface area contributed by atoms with E-state index in [9.17, 15) is 30.6 Å². The van der Waals surface area contributed by atoms with Crippen molar-refractivity contribution >= 4 is 159 Å². The number of carbonyl (C=O) groups excluding carboxylic acids is 2. The van der Waals surface area contributed by atoms with Crippen molar-refractivity contribution in [1.29, 1.82) is 21.0 Å². The Morgan fingerprint density at radius 2 is 0.617 bits per heavy atom. The molecule has 4 heterocycles. The lowest BCUT2D eigenvalue weighted by molar-refractivity contribution is 0.103. The number of thiophene rings is 4. The molecule has 0 fully saturated rings. The maximum Gasteiger partial charge on any atom is 0.194 e. The van der Waals surface area contributed by atoms with Crippen molar-refractivity contribution in [3.8, 4) is 66.8 Å². The van der Waals surface area contributed by atoms with E-state index in [1.165, 1.54) is 77.0 Å². The monoisotopic (exact) mass is 1790 g/mol. The molecule has 0 unspecified atom stereocenters. The van der Waals surface area contributed by atoms with E-state index in [1.807, 2.05) is 48.6 Å². The van der Waals surface area contributed by atoms with Crippen molar-refractivity contribution in [2.45, 2.75) is 201 Å². The van der Waals surface area contributed by atoms with Crippen LogP contribution in [0.3, 0.4) is 0 Å². The van der Waals surface area contributed by atoms with Crippen LogP contribution in [-0.4, -0.2) is 46.6 Å². The maximum atomic E-state index is 15.0. The molecule has 0 spiro atoms. The standard InChI is InChI=1S/C98H96N4O6S4.2CHCl3/c1-5-9-13-17-21-29-49-105-71-41-33-37-67(53-71)97(68-38-34-42-72(54-68)106-50-30-22-18-14-10-6-2)83-59-75(57-81-85(65(61-99)62-100)77-45-25-27-47-79(77)89(81)103)109-91(83)93-87(97)95-96(111-93)88-94(112-95)92-84(60-76(110-92)58-82-86(66(63-101)64-102)78-46-26-28-48-80(78)90(82)104)98(88,69-39-35-43-73(55-69)107-51-31-23-19-15-11-7-3)70-40-36-44-74(56-70)108-52-32-24-20-16-12-8-4;2*2-1(3)4/h25-28,33-48,53-60H,5-24,29-32,49-52H2,1-4H3;2*1H/b81-57-,82-58-;;. The van der Waals surface area contributed by atoms with Crippen LogP contribution in [0.5, 0.6) is 23.0 Å². The number of Topliss-reactive ketones (excluding diaryl/α,β-unsaturated/α-hetero) is 2. The van der Waals surface area contributed by atoms with Crippen molar-refractivity contribution in [2.24, 2.45) is 0 Å². The average Bonchev–Trinajstić information content (AvgIpc) is 1.48. The van der Waals surface area contributed by atoms with Crippen molar-refractivity contribution in [1.82, 2.24) is 0 Å². The lowest BCUT2D eigenvalue weighted by atomic mass is 9.67. The number of carbonyl (C=O) groups is 2. The second-order valence-electron chi connectivity index (χ2n) is 30.4.